The summed E-state index contributed by atoms with van der Waals surface area (Å²) in [7, 11) is 0. The van der Waals surface area contributed by atoms with E-state index in [1.54, 1.807) is 13.8 Å². The zero-order valence-electron chi connectivity index (χ0n) is 20.1. The molecule has 2 unspecified atom stereocenters. The lowest BCUT2D eigenvalue weighted by atomic mass is 9.89. The number of carboxylic acid groups (broad SMARTS) is 1. The number of hydrogen-bond acceptors (Lipinski definition) is 5. The summed E-state index contributed by atoms with van der Waals surface area (Å²) in [5.74, 6) is -1.38. The van der Waals surface area contributed by atoms with Gasteiger partial charge in [-0.15, -0.1) is 0 Å². The zero-order valence-corrected chi connectivity index (χ0v) is 20.1. The van der Waals surface area contributed by atoms with E-state index in [9.17, 15) is 14.4 Å². The van der Waals surface area contributed by atoms with Crippen molar-refractivity contribution >= 4 is 18.0 Å². The summed E-state index contributed by atoms with van der Waals surface area (Å²) >= 11 is 0. The molecule has 2 aromatic carbocycles. The minimum absolute atomic E-state index is 0.00457. The van der Waals surface area contributed by atoms with Crippen LogP contribution in [0.25, 0.3) is 11.1 Å². The highest BCUT2D eigenvalue weighted by Crippen LogP contribution is 2.44. The van der Waals surface area contributed by atoms with E-state index in [-0.39, 0.29) is 50.2 Å². The van der Waals surface area contributed by atoms with Crippen molar-refractivity contribution in [3.63, 3.8) is 0 Å². The highest BCUT2D eigenvalue weighted by Gasteiger charge is 2.33. The molecule has 1 aliphatic heterocycles. The van der Waals surface area contributed by atoms with Crippen molar-refractivity contribution in [2.24, 2.45) is 11.3 Å². The summed E-state index contributed by atoms with van der Waals surface area (Å²) < 4.78 is 11.2. The fraction of sp³-hybridized carbons (Fsp3) is 0.444. The molecule has 2 amide bonds. The summed E-state index contributed by atoms with van der Waals surface area (Å²) in [4.78, 5) is 35.9. The van der Waals surface area contributed by atoms with Gasteiger partial charge in [-0.05, 0) is 48.9 Å². The van der Waals surface area contributed by atoms with Gasteiger partial charge < -0.3 is 25.2 Å². The van der Waals surface area contributed by atoms with Gasteiger partial charge in [0.25, 0.3) is 0 Å². The van der Waals surface area contributed by atoms with Crippen LogP contribution in [0.2, 0.25) is 0 Å². The third-order valence-corrected chi connectivity index (χ3v) is 6.90. The van der Waals surface area contributed by atoms with Crippen LogP contribution in [0.15, 0.2) is 48.5 Å². The number of carbonyl (C=O) groups is 3. The van der Waals surface area contributed by atoms with Crippen LogP contribution in [0.3, 0.4) is 0 Å². The monoisotopic (exact) mass is 480 g/mol. The van der Waals surface area contributed by atoms with Crippen molar-refractivity contribution in [1.82, 2.24) is 10.6 Å². The molecule has 0 radical (unpaired) electrons. The maximum atomic E-state index is 12.4. The number of aliphatic carboxylic acids is 1. The quantitative estimate of drug-likeness (QED) is 0.506. The molecule has 0 saturated carbocycles. The summed E-state index contributed by atoms with van der Waals surface area (Å²) in [5.41, 5.74) is 3.76. The van der Waals surface area contributed by atoms with E-state index in [0.717, 1.165) is 11.1 Å². The smallest absolute Gasteiger partial charge is 0.407 e. The first-order valence-corrected chi connectivity index (χ1v) is 12.0. The molecule has 2 atom stereocenters. The molecular formula is C27H32N2O6. The van der Waals surface area contributed by atoms with Crippen LogP contribution < -0.4 is 10.6 Å². The number of nitrogens with one attached hydrogen (secondary N) is 2. The number of alkyl carbamates (subject to hydrolysis) is 1. The second-order valence-electron chi connectivity index (χ2n) is 9.82. The van der Waals surface area contributed by atoms with Crippen LogP contribution in [0.4, 0.5) is 4.79 Å². The second kappa shape index (κ2) is 10.5. The Hall–Kier alpha value is -3.39. The second-order valence-corrected chi connectivity index (χ2v) is 9.82. The molecule has 8 heteroatoms. The fourth-order valence-corrected chi connectivity index (χ4v) is 4.63. The average Bonchev–Trinajstić information content (AvgIpc) is 3.44. The molecule has 2 aromatic rings. The molecule has 2 aliphatic rings. The van der Waals surface area contributed by atoms with E-state index < -0.39 is 17.5 Å². The van der Waals surface area contributed by atoms with Crippen LogP contribution in [0.1, 0.15) is 43.7 Å². The standard InChI is InChI=1S/C27H32N2O6/c1-27(2,25(31)32)11-12-28-24(30)17-13-18(34-15-17)14-29-26(33)35-16-23-21-9-5-3-7-19(21)20-8-4-6-10-22(20)23/h3-10,17-18,23H,11-16H2,1-2H3,(H,28,30)(H,29,33)(H,31,32). The van der Waals surface area contributed by atoms with Gasteiger partial charge in [0.1, 0.15) is 6.61 Å². The fourth-order valence-electron chi connectivity index (χ4n) is 4.63. The summed E-state index contributed by atoms with van der Waals surface area (Å²) in [6.07, 6.45) is 0.0348. The predicted octanol–water partition coefficient (Wildman–Crippen LogP) is 3.55. The third kappa shape index (κ3) is 5.65. The highest BCUT2D eigenvalue weighted by molar-refractivity contribution is 5.80. The topological polar surface area (TPSA) is 114 Å². The van der Waals surface area contributed by atoms with Gasteiger partial charge in [0.15, 0.2) is 0 Å². The van der Waals surface area contributed by atoms with E-state index in [0.29, 0.717) is 12.8 Å². The van der Waals surface area contributed by atoms with Gasteiger partial charge in [-0.2, -0.15) is 0 Å². The van der Waals surface area contributed by atoms with Crippen molar-refractivity contribution in [3.8, 4) is 11.1 Å². The molecule has 1 heterocycles. The number of hydrogen-bond donors (Lipinski definition) is 3. The molecule has 1 fully saturated rings. The van der Waals surface area contributed by atoms with Gasteiger partial charge in [0.2, 0.25) is 5.91 Å². The molecule has 1 saturated heterocycles. The highest BCUT2D eigenvalue weighted by atomic mass is 16.5. The van der Waals surface area contributed by atoms with E-state index in [1.807, 2.05) is 24.3 Å². The molecule has 1 aliphatic carbocycles. The van der Waals surface area contributed by atoms with E-state index in [2.05, 4.69) is 34.9 Å². The Morgan fingerprint density at radius 3 is 2.29 bits per heavy atom. The SMILES string of the molecule is CC(C)(CCNC(=O)C1COC(CNC(=O)OCC2c3ccccc3-c3ccccc32)C1)C(=O)O. The number of carboxylic acids is 1. The lowest BCUT2D eigenvalue weighted by Crippen LogP contribution is -2.36. The summed E-state index contributed by atoms with van der Waals surface area (Å²) in [6, 6.07) is 16.3. The van der Waals surface area contributed by atoms with Crippen LogP contribution in [0.5, 0.6) is 0 Å². The average molecular weight is 481 g/mol. The van der Waals surface area contributed by atoms with Gasteiger partial charge in [-0.3, -0.25) is 9.59 Å². The number of amides is 2. The lowest BCUT2D eigenvalue weighted by molar-refractivity contribution is -0.147. The molecule has 35 heavy (non-hydrogen) atoms. The Morgan fingerprint density at radius 1 is 1.03 bits per heavy atom. The van der Waals surface area contributed by atoms with Crippen molar-refractivity contribution in [1.29, 1.82) is 0 Å². The number of rotatable bonds is 9. The predicted molar refractivity (Wildman–Crippen MR) is 130 cm³/mol. The van der Waals surface area contributed by atoms with Gasteiger partial charge in [-0.1, -0.05) is 48.5 Å². The molecule has 0 bridgehead atoms. The van der Waals surface area contributed by atoms with Gasteiger partial charge >= 0.3 is 12.1 Å². The number of fused-ring (bicyclic) bond motifs is 3. The normalized spacial score (nSPS) is 19.0. The summed E-state index contributed by atoms with van der Waals surface area (Å²) in [5, 5.41) is 14.7. The Bertz CT molecular complexity index is 1050. The zero-order chi connectivity index (χ0) is 25.0. The van der Waals surface area contributed by atoms with Crippen LogP contribution in [-0.4, -0.2) is 55.5 Å². The van der Waals surface area contributed by atoms with Crippen LogP contribution in [-0.2, 0) is 19.1 Å². The summed E-state index contributed by atoms with van der Waals surface area (Å²) in [6.45, 7) is 4.31. The Morgan fingerprint density at radius 2 is 1.66 bits per heavy atom. The maximum absolute atomic E-state index is 12.4. The molecule has 4 rings (SSSR count). The van der Waals surface area contributed by atoms with E-state index in [4.69, 9.17) is 14.6 Å². The first-order chi connectivity index (χ1) is 16.8. The number of ether oxygens (including phenoxy) is 2. The molecule has 3 N–H and O–H groups in total. The van der Waals surface area contributed by atoms with Gasteiger partial charge in [-0.25, -0.2) is 4.79 Å². The van der Waals surface area contributed by atoms with Crippen molar-refractivity contribution in [3.05, 3.63) is 59.7 Å². The largest absolute Gasteiger partial charge is 0.481 e. The van der Waals surface area contributed by atoms with Crippen molar-refractivity contribution < 1.29 is 29.0 Å². The van der Waals surface area contributed by atoms with Crippen molar-refractivity contribution in [2.45, 2.75) is 38.7 Å². The first kappa shape index (κ1) is 24.7. The Labute approximate surface area is 205 Å². The Balaban J connectivity index is 1.20. The van der Waals surface area contributed by atoms with E-state index in [1.165, 1.54) is 11.1 Å². The molecule has 186 valence electrons. The first-order valence-electron chi connectivity index (χ1n) is 12.0. The van der Waals surface area contributed by atoms with E-state index >= 15 is 0 Å². The Kier molecular flexibility index (Phi) is 7.40. The third-order valence-electron chi connectivity index (χ3n) is 6.90. The molecular weight excluding hydrogens is 448 g/mol. The van der Waals surface area contributed by atoms with Crippen molar-refractivity contribution in [2.75, 3.05) is 26.3 Å². The maximum Gasteiger partial charge on any atom is 0.407 e. The van der Waals surface area contributed by atoms with Gasteiger partial charge in [0, 0.05) is 19.0 Å². The minimum Gasteiger partial charge on any atom is -0.481 e. The van der Waals surface area contributed by atoms with Crippen LogP contribution in [0, 0.1) is 11.3 Å². The minimum atomic E-state index is -0.894. The van der Waals surface area contributed by atoms with Gasteiger partial charge in [0.05, 0.1) is 24.0 Å². The lowest BCUT2D eigenvalue weighted by Gasteiger charge is -2.19. The van der Waals surface area contributed by atoms with Crippen LogP contribution >= 0.6 is 0 Å². The molecule has 8 nitrogen and oxygen atoms in total. The molecule has 0 aromatic heterocycles. The number of carbonyl (C=O) groups excluding carboxylic acids is 2. The number of benzene rings is 2. The molecule has 0 spiro atoms.